The molecule has 0 spiro atoms. The van der Waals surface area contributed by atoms with Crippen molar-refractivity contribution in [2.45, 2.75) is 25.9 Å². The standard InChI is InChI=1S/C10H18NO2/c1-8(12)13-10-7-11(2)5-3-9(10)4-6-11/h9-10H,3-7H2,1-2H3/q+1/t9?,10-,11?/m1/s1. The molecule has 1 atom stereocenters. The summed E-state index contributed by atoms with van der Waals surface area (Å²) in [6.45, 7) is 5.08. The average molecular weight is 184 g/mol. The van der Waals surface area contributed by atoms with Gasteiger partial charge in [-0.05, 0) is 0 Å². The third-order valence-corrected chi connectivity index (χ3v) is 3.54. The predicted molar refractivity (Wildman–Crippen MR) is 49.1 cm³/mol. The maximum Gasteiger partial charge on any atom is 0.303 e. The van der Waals surface area contributed by atoms with Crippen LogP contribution in [0.2, 0.25) is 0 Å². The molecule has 3 heteroatoms. The van der Waals surface area contributed by atoms with Gasteiger partial charge in [0.2, 0.25) is 0 Å². The smallest absolute Gasteiger partial charge is 0.303 e. The van der Waals surface area contributed by atoms with Crippen molar-refractivity contribution in [3.05, 3.63) is 0 Å². The van der Waals surface area contributed by atoms with Gasteiger partial charge < -0.3 is 9.22 Å². The second kappa shape index (κ2) is 2.98. The van der Waals surface area contributed by atoms with Gasteiger partial charge >= 0.3 is 5.97 Å². The maximum absolute atomic E-state index is 10.9. The first kappa shape index (κ1) is 9.00. The number of hydrogen-bond acceptors (Lipinski definition) is 2. The molecule has 0 aromatic rings. The monoisotopic (exact) mass is 184 g/mol. The summed E-state index contributed by atoms with van der Waals surface area (Å²) in [5.41, 5.74) is 0. The molecule has 0 radical (unpaired) electrons. The zero-order chi connectivity index (χ0) is 9.47. The first-order valence-corrected chi connectivity index (χ1v) is 5.10. The van der Waals surface area contributed by atoms with Crippen molar-refractivity contribution in [1.82, 2.24) is 0 Å². The van der Waals surface area contributed by atoms with Gasteiger partial charge in [0.1, 0.15) is 6.54 Å². The molecule has 0 amide bonds. The Kier molecular flexibility index (Phi) is 2.06. The summed E-state index contributed by atoms with van der Waals surface area (Å²) < 4.78 is 6.44. The fourth-order valence-electron chi connectivity index (χ4n) is 2.70. The SMILES string of the molecule is CC(=O)O[C@@H]1C[N+]2(C)CCC1CC2. The van der Waals surface area contributed by atoms with Crippen LogP contribution < -0.4 is 0 Å². The molecule has 0 aromatic heterocycles. The molecule has 0 N–H and O–H groups in total. The van der Waals surface area contributed by atoms with E-state index in [9.17, 15) is 4.79 Å². The third-order valence-electron chi connectivity index (χ3n) is 3.54. The number of likely N-dealkylation sites (N-methyl/N-ethyl adjacent to an activating group) is 1. The first-order valence-electron chi connectivity index (χ1n) is 5.10. The largest absolute Gasteiger partial charge is 0.456 e. The second-order valence-electron chi connectivity index (χ2n) is 4.73. The van der Waals surface area contributed by atoms with Gasteiger partial charge in [-0.15, -0.1) is 0 Å². The van der Waals surface area contributed by atoms with E-state index in [1.807, 2.05) is 0 Å². The molecule has 3 aliphatic rings. The van der Waals surface area contributed by atoms with Crippen LogP contribution in [0.4, 0.5) is 0 Å². The van der Waals surface area contributed by atoms with E-state index in [1.165, 1.54) is 32.9 Å². The maximum atomic E-state index is 10.9. The van der Waals surface area contributed by atoms with Crippen molar-refractivity contribution < 1.29 is 14.0 Å². The molecule has 3 heterocycles. The minimum absolute atomic E-state index is 0.120. The lowest BCUT2D eigenvalue weighted by Crippen LogP contribution is -2.62. The summed E-state index contributed by atoms with van der Waals surface area (Å²) in [5, 5.41) is 0. The molecule has 74 valence electrons. The van der Waals surface area contributed by atoms with Crippen LogP contribution in [0.3, 0.4) is 0 Å². The van der Waals surface area contributed by atoms with E-state index < -0.39 is 0 Å². The molecule has 0 saturated carbocycles. The summed E-state index contributed by atoms with van der Waals surface area (Å²) in [7, 11) is 2.27. The topological polar surface area (TPSA) is 26.3 Å². The Morgan fingerprint density at radius 3 is 2.46 bits per heavy atom. The Morgan fingerprint density at radius 2 is 2.00 bits per heavy atom. The molecule has 3 saturated heterocycles. The number of piperidine rings is 3. The van der Waals surface area contributed by atoms with Crippen LogP contribution in [0, 0.1) is 5.92 Å². The summed E-state index contributed by atoms with van der Waals surface area (Å²) in [6, 6.07) is 0. The summed E-state index contributed by atoms with van der Waals surface area (Å²) in [4.78, 5) is 10.9. The number of ether oxygens (including phenoxy) is 1. The van der Waals surface area contributed by atoms with Crippen LogP contribution in [0.25, 0.3) is 0 Å². The zero-order valence-electron chi connectivity index (χ0n) is 8.45. The van der Waals surface area contributed by atoms with Gasteiger partial charge in [-0.3, -0.25) is 4.79 Å². The zero-order valence-corrected chi connectivity index (χ0v) is 8.45. The van der Waals surface area contributed by atoms with Crippen LogP contribution in [-0.2, 0) is 9.53 Å². The Labute approximate surface area is 79.3 Å². The van der Waals surface area contributed by atoms with E-state index in [-0.39, 0.29) is 12.1 Å². The predicted octanol–water partition coefficient (Wildman–Crippen LogP) is 0.788. The van der Waals surface area contributed by atoms with Gasteiger partial charge in [0.05, 0.1) is 20.1 Å². The normalized spacial score (nSPS) is 43.2. The number of carbonyl (C=O) groups is 1. The molecule has 13 heavy (non-hydrogen) atoms. The Bertz CT molecular complexity index is 219. The Morgan fingerprint density at radius 1 is 1.38 bits per heavy atom. The number of fused-ring (bicyclic) bond motifs is 3. The molecular weight excluding hydrogens is 166 g/mol. The molecule has 3 aliphatic heterocycles. The molecule has 3 nitrogen and oxygen atoms in total. The Balaban J connectivity index is 2.03. The van der Waals surface area contributed by atoms with Crippen molar-refractivity contribution in [1.29, 1.82) is 0 Å². The van der Waals surface area contributed by atoms with Crippen molar-refractivity contribution in [2.24, 2.45) is 5.92 Å². The summed E-state index contributed by atoms with van der Waals surface area (Å²) in [6.07, 6.45) is 2.66. The highest BCUT2D eigenvalue weighted by atomic mass is 16.5. The van der Waals surface area contributed by atoms with Crippen molar-refractivity contribution >= 4 is 5.97 Å². The molecule has 0 unspecified atom stereocenters. The van der Waals surface area contributed by atoms with E-state index in [0.717, 1.165) is 11.0 Å². The number of esters is 1. The fraction of sp³-hybridized carbons (Fsp3) is 0.900. The molecule has 3 rings (SSSR count). The van der Waals surface area contributed by atoms with Crippen LogP contribution in [0.15, 0.2) is 0 Å². The quantitative estimate of drug-likeness (QED) is 0.445. The lowest BCUT2D eigenvalue weighted by Gasteiger charge is -2.49. The van der Waals surface area contributed by atoms with E-state index in [2.05, 4.69) is 7.05 Å². The van der Waals surface area contributed by atoms with Crippen LogP contribution in [0.5, 0.6) is 0 Å². The highest BCUT2D eigenvalue weighted by Crippen LogP contribution is 2.33. The molecule has 3 fully saturated rings. The second-order valence-corrected chi connectivity index (χ2v) is 4.73. The van der Waals surface area contributed by atoms with Crippen LogP contribution >= 0.6 is 0 Å². The highest BCUT2D eigenvalue weighted by molar-refractivity contribution is 5.66. The van der Waals surface area contributed by atoms with Gasteiger partial charge in [-0.2, -0.15) is 0 Å². The van der Waals surface area contributed by atoms with Crippen molar-refractivity contribution in [3.8, 4) is 0 Å². The lowest BCUT2D eigenvalue weighted by molar-refractivity contribution is -0.928. The van der Waals surface area contributed by atoms with E-state index in [1.54, 1.807) is 0 Å². The Hall–Kier alpha value is -0.570. The first-order chi connectivity index (χ1) is 6.09. The van der Waals surface area contributed by atoms with Crippen LogP contribution in [-0.4, -0.2) is 43.2 Å². The van der Waals surface area contributed by atoms with Gasteiger partial charge in [0.25, 0.3) is 0 Å². The number of nitrogens with zero attached hydrogens (tertiary/aromatic N) is 1. The lowest BCUT2D eigenvalue weighted by atomic mass is 9.84. The van der Waals surface area contributed by atoms with Crippen LogP contribution in [0.1, 0.15) is 19.8 Å². The van der Waals surface area contributed by atoms with Crippen molar-refractivity contribution in [2.75, 3.05) is 26.7 Å². The van der Waals surface area contributed by atoms with Crippen molar-refractivity contribution in [3.63, 3.8) is 0 Å². The van der Waals surface area contributed by atoms with Gasteiger partial charge in [0.15, 0.2) is 6.10 Å². The minimum Gasteiger partial charge on any atom is -0.456 e. The minimum atomic E-state index is -0.120. The molecular formula is C10H18NO2+. The van der Waals surface area contributed by atoms with E-state index in [4.69, 9.17) is 4.74 Å². The summed E-state index contributed by atoms with van der Waals surface area (Å²) >= 11 is 0. The highest BCUT2D eigenvalue weighted by Gasteiger charge is 2.44. The average Bonchev–Trinajstić information content (AvgIpc) is 2.02. The number of hydrogen-bond donors (Lipinski definition) is 0. The van der Waals surface area contributed by atoms with Gasteiger partial charge in [-0.1, -0.05) is 0 Å². The van der Waals surface area contributed by atoms with Gasteiger partial charge in [-0.25, -0.2) is 0 Å². The molecule has 2 bridgehead atoms. The van der Waals surface area contributed by atoms with Gasteiger partial charge in [0, 0.05) is 25.7 Å². The third kappa shape index (κ3) is 1.70. The number of carbonyl (C=O) groups excluding carboxylic acids is 1. The van der Waals surface area contributed by atoms with E-state index in [0.29, 0.717) is 5.92 Å². The fourth-order valence-corrected chi connectivity index (χ4v) is 2.70. The molecule has 0 aliphatic carbocycles. The summed E-state index contributed by atoms with van der Waals surface area (Å²) in [5.74, 6) is 0.522. The number of quaternary nitrogens is 1. The number of rotatable bonds is 1. The van der Waals surface area contributed by atoms with E-state index >= 15 is 0 Å². The molecule has 0 aromatic carbocycles.